The number of rotatable bonds is 8. The molecule has 1 unspecified atom stereocenters. The molecule has 7 nitrogen and oxygen atoms in total. The number of carbonyl (C=O) groups is 2. The number of amides is 1. The molecule has 222 valence electrons. The predicted octanol–water partition coefficient (Wildman–Crippen LogP) is 5.67. The van der Waals surface area contributed by atoms with Crippen LogP contribution in [-0.2, 0) is 9.53 Å². The van der Waals surface area contributed by atoms with Crippen LogP contribution in [0.15, 0.2) is 66.2 Å². The third-order valence-corrected chi connectivity index (χ3v) is 9.22. The minimum atomic E-state index is -0.637. The van der Waals surface area contributed by atoms with Crippen LogP contribution < -0.4 is 10.1 Å². The van der Waals surface area contributed by atoms with Crippen molar-refractivity contribution in [2.75, 3.05) is 12.4 Å². The fourth-order valence-electron chi connectivity index (χ4n) is 6.79. The normalized spacial score (nSPS) is 27.1. The van der Waals surface area contributed by atoms with E-state index in [1.807, 2.05) is 18.2 Å². The first kappa shape index (κ1) is 30.0. The maximum absolute atomic E-state index is 12.5. The largest absolute Gasteiger partial charge is 0.427 e. The van der Waals surface area contributed by atoms with Crippen LogP contribution in [0.5, 0.6) is 5.75 Å². The average molecular weight is 572 g/mol. The number of benzene rings is 2. The van der Waals surface area contributed by atoms with Crippen molar-refractivity contribution in [3.63, 3.8) is 0 Å². The van der Waals surface area contributed by atoms with E-state index in [1.165, 1.54) is 6.42 Å². The summed E-state index contributed by atoms with van der Waals surface area (Å²) in [6.07, 6.45) is 9.26. The minimum absolute atomic E-state index is 0.0661. The van der Waals surface area contributed by atoms with Crippen LogP contribution in [0, 0.1) is 29.6 Å². The number of allylic oxidation sites excluding steroid dienone is 1. The van der Waals surface area contributed by atoms with Crippen molar-refractivity contribution in [2.24, 2.45) is 17.8 Å². The van der Waals surface area contributed by atoms with Gasteiger partial charge in [-0.15, -0.1) is 0 Å². The maximum Gasteiger partial charge on any atom is 0.311 e. The van der Waals surface area contributed by atoms with Crippen LogP contribution in [0.3, 0.4) is 0 Å². The molecule has 0 saturated heterocycles. The topological polar surface area (TPSA) is 105 Å². The number of hydrogen-bond acceptors (Lipinski definition) is 6. The van der Waals surface area contributed by atoms with Gasteiger partial charge in [-0.2, -0.15) is 0 Å². The summed E-state index contributed by atoms with van der Waals surface area (Å²) in [5.41, 5.74) is 1.85. The van der Waals surface area contributed by atoms with Gasteiger partial charge in [-0.1, -0.05) is 55.4 Å². The van der Waals surface area contributed by atoms with Crippen molar-refractivity contribution in [3.05, 3.63) is 71.8 Å². The quantitative estimate of drug-likeness (QED) is 0.163. The van der Waals surface area contributed by atoms with E-state index in [4.69, 9.17) is 9.47 Å². The molecule has 0 aliphatic heterocycles. The SMILES string of the molecule is CO[C@@]12CC[C@H](O)[C@@H](C#CC(O)C3CCCCC3)[C@@H]1CC2=CCCC(=O)Oc1ccc(NC(=O)c2ccccc2)cc1. The van der Waals surface area contributed by atoms with E-state index >= 15 is 0 Å². The van der Waals surface area contributed by atoms with E-state index in [9.17, 15) is 19.8 Å². The molecule has 0 heterocycles. The Balaban J connectivity index is 1.12. The number of aliphatic hydroxyl groups is 2. The molecule has 0 radical (unpaired) electrons. The summed E-state index contributed by atoms with van der Waals surface area (Å²) in [5, 5.41) is 24.2. The van der Waals surface area contributed by atoms with E-state index in [1.54, 1.807) is 43.5 Å². The average Bonchev–Trinajstić information content (AvgIpc) is 3.01. The van der Waals surface area contributed by atoms with Gasteiger partial charge in [-0.3, -0.25) is 9.59 Å². The molecule has 5 rings (SSSR count). The van der Waals surface area contributed by atoms with Gasteiger partial charge in [-0.05, 0) is 86.4 Å². The number of hydrogen-bond donors (Lipinski definition) is 3. The van der Waals surface area contributed by atoms with Gasteiger partial charge in [0.1, 0.15) is 11.9 Å². The highest BCUT2D eigenvalue weighted by Gasteiger charge is 2.58. The van der Waals surface area contributed by atoms with Crippen molar-refractivity contribution in [3.8, 4) is 17.6 Å². The Morgan fingerprint density at radius 2 is 1.81 bits per heavy atom. The number of anilines is 1. The smallest absolute Gasteiger partial charge is 0.311 e. The van der Waals surface area contributed by atoms with Gasteiger partial charge < -0.3 is 25.0 Å². The zero-order chi connectivity index (χ0) is 29.5. The minimum Gasteiger partial charge on any atom is -0.427 e. The van der Waals surface area contributed by atoms with Gasteiger partial charge in [0.05, 0.1) is 17.6 Å². The summed E-state index contributed by atoms with van der Waals surface area (Å²) < 4.78 is 11.6. The van der Waals surface area contributed by atoms with Gasteiger partial charge in [0.25, 0.3) is 5.91 Å². The summed E-state index contributed by atoms with van der Waals surface area (Å²) in [7, 11) is 1.71. The van der Waals surface area contributed by atoms with Crippen molar-refractivity contribution >= 4 is 17.6 Å². The summed E-state index contributed by atoms with van der Waals surface area (Å²) in [6, 6.07) is 15.7. The van der Waals surface area contributed by atoms with E-state index in [-0.39, 0.29) is 36.1 Å². The third kappa shape index (κ3) is 6.78. The highest BCUT2D eigenvalue weighted by molar-refractivity contribution is 6.04. The molecule has 3 saturated carbocycles. The Kier molecular flexibility index (Phi) is 9.79. The van der Waals surface area contributed by atoms with E-state index in [0.717, 1.165) is 37.7 Å². The molecule has 0 spiro atoms. The van der Waals surface area contributed by atoms with E-state index in [2.05, 4.69) is 23.2 Å². The van der Waals surface area contributed by atoms with Gasteiger partial charge >= 0.3 is 5.97 Å². The second-order valence-electron chi connectivity index (χ2n) is 11.8. The monoisotopic (exact) mass is 571 g/mol. The van der Waals surface area contributed by atoms with Crippen LogP contribution in [0.2, 0.25) is 0 Å². The number of nitrogens with one attached hydrogen (secondary N) is 1. The molecule has 3 fully saturated rings. The van der Waals surface area contributed by atoms with Crippen LogP contribution >= 0.6 is 0 Å². The second-order valence-corrected chi connectivity index (χ2v) is 11.8. The number of esters is 1. The van der Waals surface area contributed by atoms with Gasteiger partial charge in [-0.25, -0.2) is 0 Å². The molecule has 0 bridgehead atoms. The maximum atomic E-state index is 12.5. The van der Waals surface area contributed by atoms with Crippen molar-refractivity contribution < 1.29 is 29.3 Å². The van der Waals surface area contributed by atoms with Crippen LogP contribution in [0.4, 0.5) is 5.69 Å². The van der Waals surface area contributed by atoms with Crippen molar-refractivity contribution in [1.82, 2.24) is 0 Å². The zero-order valence-electron chi connectivity index (χ0n) is 24.3. The summed E-state index contributed by atoms with van der Waals surface area (Å²) in [5.74, 6) is 6.27. The van der Waals surface area contributed by atoms with Crippen LogP contribution in [0.25, 0.3) is 0 Å². The molecular formula is C35H41NO6. The predicted molar refractivity (Wildman–Crippen MR) is 161 cm³/mol. The molecule has 1 amide bonds. The Morgan fingerprint density at radius 1 is 1.07 bits per heavy atom. The summed E-state index contributed by atoms with van der Waals surface area (Å²) >= 11 is 0. The number of carbonyl (C=O) groups excluding carboxylic acids is 2. The van der Waals surface area contributed by atoms with Gasteiger partial charge in [0.2, 0.25) is 0 Å². The highest BCUT2D eigenvalue weighted by Crippen LogP contribution is 2.56. The molecule has 5 atom stereocenters. The lowest BCUT2D eigenvalue weighted by Gasteiger charge is -2.57. The molecule has 3 aliphatic rings. The van der Waals surface area contributed by atoms with Crippen molar-refractivity contribution in [2.45, 2.75) is 82.0 Å². The molecule has 42 heavy (non-hydrogen) atoms. The van der Waals surface area contributed by atoms with Crippen molar-refractivity contribution in [1.29, 1.82) is 0 Å². The number of fused-ring (bicyclic) bond motifs is 1. The molecule has 3 N–H and O–H groups in total. The van der Waals surface area contributed by atoms with Gasteiger partial charge in [0.15, 0.2) is 0 Å². The van der Waals surface area contributed by atoms with Crippen LogP contribution in [0.1, 0.15) is 74.6 Å². The Labute approximate surface area is 248 Å². The fourth-order valence-corrected chi connectivity index (χ4v) is 6.79. The Bertz CT molecular complexity index is 1320. The van der Waals surface area contributed by atoms with E-state index < -0.39 is 17.8 Å². The fraction of sp³-hybridized carbons (Fsp3) is 0.486. The van der Waals surface area contributed by atoms with Crippen LogP contribution in [-0.4, -0.2) is 47.0 Å². The molecule has 0 aromatic heterocycles. The standard InChI is InChI=1S/C35H41NO6/c1-41-35-22-21-32(38)29(19-20-31(37)24-9-4-2-5-10-24)30(35)23-26(35)13-8-14-33(39)42-28-17-15-27(16-18-28)36-34(40)25-11-6-3-7-12-25/h3,6-7,11-13,15-18,24,29-32,37-38H,2,4-5,8-10,14,21-23H2,1H3,(H,36,40)/t29-,30-,31?,32-,35+/m0/s1. The first-order valence-electron chi connectivity index (χ1n) is 15.2. The number of aliphatic hydroxyl groups excluding tert-OH is 2. The van der Waals surface area contributed by atoms with Gasteiger partial charge in [0, 0.05) is 30.7 Å². The number of methoxy groups -OCH3 is 1. The second kappa shape index (κ2) is 13.7. The Morgan fingerprint density at radius 3 is 2.52 bits per heavy atom. The first-order chi connectivity index (χ1) is 20.4. The lowest BCUT2D eigenvalue weighted by atomic mass is 9.53. The summed E-state index contributed by atoms with van der Waals surface area (Å²) in [6.45, 7) is 0. The molecular weight excluding hydrogens is 530 g/mol. The first-order valence-corrected chi connectivity index (χ1v) is 15.2. The van der Waals surface area contributed by atoms with E-state index in [0.29, 0.717) is 36.3 Å². The Hall–Kier alpha value is -3.44. The molecule has 2 aromatic carbocycles. The molecule has 3 aliphatic carbocycles. The highest BCUT2D eigenvalue weighted by atomic mass is 16.5. The molecule has 2 aromatic rings. The molecule has 7 heteroatoms. The number of ether oxygens (including phenoxy) is 2. The summed E-state index contributed by atoms with van der Waals surface area (Å²) in [4.78, 5) is 24.9. The third-order valence-electron chi connectivity index (χ3n) is 9.22. The zero-order valence-corrected chi connectivity index (χ0v) is 24.3. The lowest BCUT2D eigenvalue weighted by Crippen LogP contribution is -2.59. The lowest BCUT2D eigenvalue weighted by molar-refractivity contribution is -0.138.